The van der Waals surface area contributed by atoms with Gasteiger partial charge in [0.1, 0.15) is 0 Å². The van der Waals surface area contributed by atoms with Gasteiger partial charge in [0.25, 0.3) is 5.56 Å². The van der Waals surface area contributed by atoms with E-state index in [1.54, 1.807) is 23.4 Å². The number of alkyl halides is 3. The maximum absolute atomic E-state index is 13.4. The number of benzene rings is 2. The minimum Gasteiger partial charge on any atom is -0.378 e. The molecule has 4 rings (SSSR count). The molecule has 1 atom stereocenters. The lowest BCUT2D eigenvalue weighted by Crippen LogP contribution is -2.40. The van der Waals surface area contributed by atoms with Crippen LogP contribution in [0.2, 0.25) is 0 Å². The summed E-state index contributed by atoms with van der Waals surface area (Å²) < 4.78 is 40.1. The number of fused-ring (bicyclic) bond motifs is 1. The molecular formula is C27H32F3N3OS. The molecule has 1 aliphatic heterocycles. The Kier molecular flexibility index (Phi) is 7.52. The maximum atomic E-state index is 13.4. The van der Waals surface area contributed by atoms with Gasteiger partial charge in [-0.3, -0.25) is 9.69 Å². The van der Waals surface area contributed by atoms with Gasteiger partial charge >= 0.3 is 6.18 Å². The van der Waals surface area contributed by atoms with E-state index in [1.165, 1.54) is 4.90 Å². The van der Waals surface area contributed by atoms with Gasteiger partial charge in [-0.2, -0.15) is 13.2 Å². The van der Waals surface area contributed by atoms with Gasteiger partial charge in [-0.05, 0) is 86.8 Å². The van der Waals surface area contributed by atoms with Crippen molar-refractivity contribution in [3.8, 4) is 0 Å². The number of aromatic nitrogens is 1. The van der Waals surface area contributed by atoms with Gasteiger partial charge in [0.15, 0.2) is 0 Å². The van der Waals surface area contributed by atoms with E-state index in [4.69, 9.17) is 0 Å². The fourth-order valence-electron chi connectivity index (χ4n) is 5.17. The van der Waals surface area contributed by atoms with E-state index < -0.39 is 12.7 Å². The molecule has 0 aliphatic carbocycles. The van der Waals surface area contributed by atoms with Gasteiger partial charge in [0.05, 0.1) is 6.54 Å². The number of nitrogens with one attached hydrogen (secondary N) is 1. The highest BCUT2D eigenvalue weighted by Crippen LogP contribution is 2.34. The molecule has 188 valence electrons. The Morgan fingerprint density at radius 2 is 1.80 bits per heavy atom. The van der Waals surface area contributed by atoms with E-state index in [0.717, 1.165) is 32.8 Å². The predicted octanol–water partition coefficient (Wildman–Crippen LogP) is 6.48. The average molecular weight is 504 g/mol. The van der Waals surface area contributed by atoms with Crippen LogP contribution in [0.5, 0.6) is 0 Å². The summed E-state index contributed by atoms with van der Waals surface area (Å²) in [7, 11) is 1.78. The number of hydrogen-bond donors (Lipinski definition) is 1. The fourth-order valence-corrected chi connectivity index (χ4v) is 5.73. The number of halogens is 3. The molecule has 1 saturated heterocycles. The van der Waals surface area contributed by atoms with E-state index in [0.29, 0.717) is 31.3 Å². The summed E-state index contributed by atoms with van der Waals surface area (Å²) in [4.78, 5) is 16.0. The van der Waals surface area contributed by atoms with Gasteiger partial charge in [-0.1, -0.05) is 18.2 Å². The van der Waals surface area contributed by atoms with E-state index in [9.17, 15) is 18.0 Å². The first-order valence-electron chi connectivity index (χ1n) is 11.9. The third-order valence-electron chi connectivity index (χ3n) is 6.93. The molecule has 0 spiro atoms. The minimum atomic E-state index is -4.19. The van der Waals surface area contributed by atoms with Crippen molar-refractivity contribution in [1.29, 1.82) is 0 Å². The summed E-state index contributed by atoms with van der Waals surface area (Å²) in [5.74, 6) is 0.0521. The van der Waals surface area contributed by atoms with Crippen LogP contribution in [0.15, 0.2) is 52.2 Å². The van der Waals surface area contributed by atoms with Crippen LogP contribution >= 0.6 is 11.8 Å². The second-order valence-corrected chi connectivity index (χ2v) is 10.3. The maximum Gasteiger partial charge on any atom is 0.401 e. The number of piperidine rings is 1. The second-order valence-electron chi connectivity index (χ2n) is 9.48. The lowest BCUT2D eigenvalue weighted by molar-refractivity contribution is -0.148. The van der Waals surface area contributed by atoms with E-state index in [-0.39, 0.29) is 17.5 Å². The average Bonchev–Trinajstić information content (AvgIpc) is 2.81. The van der Waals surface area contributed by atoms with Crippen molar-refractivity contribution in [2.75, 3.05) is 31.2 Å². The molecule has 0 radical (unpaired) electrons. The molecule has 1 aromatic heterocycles. The van der Waals surface area contributed by atoms with Crippen molar-refractivity contribution in [2.24, 2.45) is 7.05 Å². The third-order valence-corrected chi connectivity index (χ3v) is 7.72. The third kappa shape index (κ3) is 5.70. The summed E-state index contributed by atoms with van der Waals surface area (Å²) in [6.45, 7) is 3.97. The summed E-state index contributed by atoms with van der Waals surface area (Å²) in [6, 6.07) is 14.2. The first kappa shape index (κ1) is 25.6. The molecular weight excluding hydrogens is 471 g/mol. The number of likely N-dealkylation sites (tertiary alicyclic amines) is 1. The van der Waals surface area contributed by atoms with Crippen LogP contribution in [0.25, 0.3) is 10.8 Å². The van der Waals surface area contributed by atoms with Crippen molar-refractivity contribution in [1.82, 2.24) is 9.47 Å². The van der Waals surface area contributed by atoms with Gasteiger partial charge in [-0.15, -0.1) is 11.8 Å². The summed E-state index contributed by atoms with van der Waals surface area (Å²) in [5.41, 5.74) is 3.95. The van der Waals surface area contributed by atoms with Crippen LogP contribution in [0.4, 0.5) is 18.9 Å². The van der Waals surface area contributed by atoms with Gasteiger partial charge in [0, 0.05) is 40.7 Å². The van der Waals surface area contributed by atoms with Gasteiger partial charge in [-0.25, -0.2) is 0 Å². The summed E-state index contributed by atoms with van der Waals surface area (Å²) >= 11 is 1.68. The summed E-state index contributed by atoms with van der Waals surface area (Å²) in [6.07, 6.45) is -0.938. The Morgan fingerprint density at radius 3 is 2.46 bits per heavy atom. The Labute approximate surface area is 208 Å². The molecule has 1 aliphatic rings. The molecule has 0 saturated carbocycles. The monoisotopic (exact) mass is 503 g/mol. The second kappa shape index (κ2) is 10.3. The highest BCUT2D eigenvalue weighted by atomic mass is 32.2. The van der Waals surface area contributed by atoms with Crippen LogP contribution in [0.3, 0.4) is 0 Å². The first-order valence-corrected chi connectivity index (χ1v) is 13.1. The molecule has 3 aromatic rings. The highest BCUT2D eigenvalue weighted by molar-refractivity contribution is 7.98. The lowest BCUT2D eigenvalue weighted by atomic mass is 9.90. The topological polar surface area (TPSA) is 37.3 Å². The van der Waals surface area contributed by atoms with Crippen molar-refractivity contribution >= 4 is 28.2 Å². The fraction of sp³-hybridized carbons (Fsp3) is 0.444. The number of pyridine rings is 1. The Balaban J connectivity index is 1.69. The smallest absolute Gasteiger partial charge is 0.378 e. The highest BCUT2D eigenvalue weighted by Gasteiger charge is 2.33. The first-order chi connectivity index (χ1) is 16.6. The Bertz CT molecular complexity index is 1260. The van der Waals surface area contributed by atoms with Crippen molar-refractivity contribution in [3.63, 3.8) is 0 Å². The quantitative estimate of drug-likeness (QED) is 0.391. The van der Waals surface area contributed by atoms with Crippen molar-refractivity contribution in [2.45, 2.75) is 49.7 Å². The molecule has 35 heavy (non-hydrogen) atoms. The van der Waals surface area contributed by atoms with E-state index >= 15 is 0 Å². The Morgan fingerprint density at radius 1 is 1.11 bits per heavy atom. The number of anilines is 1. The van der Waals surface area contributed by atoms with Crippen LogP contribution < -0.4 is 10.9 Å². The number of thioether (sulfide) groups is 1. The lowest BCUT2D eigenvalue weighted by Gasteiger charge is -2.33. The molecule has 0 bridgehead atoms. The number of para-hydroxylation sites is 1. The number of hydrogen-bond acceptors (Lipinski definition) is 4. The molecule has 2 aromatic carbocycles. The summed E-state index contributed by atoms with van der Waals surface area (Å²) in [5, 5.41) is 5.20. The zero-order chi connectivity index (χ0) is 25.3. The number of rotatable bonds is 6. The molecule has 0 amide bonds. The molecule has 1 fully saturated rings. The molecule has 2 heterocycles. The zero-order valence-corrected chi connectivity index (χ0v) is 21.4. The normalized spacial score (nSPS) is 16.5. The van der Waals surface area contributed by atoms with Crippen LogP contribution in [0.1, 0.15) is 48.5 Å². The van der Waals surface area contributed by atoms with Gasteiger partial charge < -0.3 is 9.88 Å². The minimum absolute atomic E-state index is 0.0423. The van der Waals surface area contributed by atoms with E-state index in [2.05, 4.69) is 36.5 Å². The van der Waals surface area contributed by atoms with Crippen LogP contribution in [-0.4, -0.2) is 41.5 Å². The van der Waals surface area contributed by atoms with Crippen molar-refractivity contribution < 1.29 is 13.2 Å². The van der Waals surface area contributed by atoms with Crippen LogP contribution in [-0.2, 0) is 7.05 Å². The molecule has 4 nitrogen and oxygen atoms in total. The van der Waals surface area contributed by atoms with Gasteiger partial charge in [0.2, 0.25) is 0 Å². The zero-order valence-electron chi connectivity index (χ0n) is 20.6. The predicted molar refractivity (Wildman–Crippen MR) is 139 cm³/mol. The molecule has 1 unspecified atom stereocenters. The number of nitrogens with zero attached hydrogens (tertiary/aromatic N) is 2. The molecule has 1 N–H and O–H groups in total. The largest absolute Gasteiger partial charge is 0.401 e. The van der Waals surface area contributed by atoms with Crippen LogP contribution in [0, 0.1) is 6.92 Å². The van der Waals surface area contributed by atoms with Crippen molar-refractivity contribution in [3.05, 3.63) is 69.6 Å². The SMILES string of the molecule is CSc1ccccc1NC(C)c1cc(C)cc2c(=O)n(C)c(C3CCN(CC(F)(F)F)CC3)cc12. The number of aryl methyl sites for hydroxylation is 1. The van der Waals surface area contributed by atoms with E-state index in [1.807, 2.05) is 31.4 Å². The Hall–Kier alpha value is -2.45. The molecule has 8 heteroatoms. The standard InChI is InChI=1S/C27H32F3N3OS/c1-17-13-20(18(2)31-23-7-5-6-8-25(23)35-4)21-15-24(32(3)26(34)22(21)14-17)19-9-11-33(12-10-19)16-27(28,29)30/h5-8,13-15,18-19,31H,9-12,16H2,1-4H3.